The number of aliphatic hydroxyl groups excluding tert-OH is 1. The van der Waals surface area contributed by atoms with Gasteiger partial charge in [-0.25, -0.2) is 0 Å². The molecule has 1 saturated heterocycles. The van der Waals surface area contributed by atoms with Crippen molar-refractivity contribution >= 4 is 5.91 Å². The lowest BCUT2D eigenvalue weighted by atomic mass is 9.74. The highest BCUT2D eigenvalue weighted by Gasteiger charge is 2.44. The molecule has 0 bridgehead atoms. The number of benzene rings is 2. The molecule has 154 valence electrons. The van der Waals surface area contributed by atoms with Crippen molar-refractivity contribution in [1.82, 2.24) is 5.32 Å². The van der Waals surface area contributed by atoms with Crippen molar-refractivity contribution in [2.24, 2.45) is 5.92 Å². The normalized spacial score (nSPS) is 32.1. The van der Waals surface area contributed by atoms with E-state index in [1.807, 2.05) is 24.3 Å². The van der Waals surface area contributed by atoms with Crippen molar-refractivity contribution in [3.05, 3.63) is 71.8 Å². The highest BCUT2D eigenvalue weighted by atomic mass is 16.5. The summed E-state index contributed by atoms with van der Waals surface area (Å²) in [6.07, 6.45) is 3.96. The Bertz CT molecular complexity index is 809. The lowest BCUT2D eigenvalue weighted by Crippen LogP contribution is -2.40. The zero-order chi connectivity index (χ0) is 20.3. The average molecular weight is 394 g/mol. The molecule has 2 fully saturated rings. The van der Waals surface area contributed by atoms with Crippen molar-refractivity contribution in [3.63, 3.8) is 0 Å². The van der Waals surface area contributed by atoms with Crippen LogP contribution in [0.1, 0.15) is 56.3 Å². The number of hydrogen-bond acceptors (Lipinski definition) is 3. The number of rotatable bonds is 4. The van der Waals surface area contributed by atoms with Crippen LogP contribution in [0.3, 0.4) is 0 Å². The van der Waals surface area contributed by atoms with E-state index in [9.17, 15) is 9.90 Å². The van der Waals surface area contributed by atoms with Crippen LogP contribution in [0.2, 0.25) is 0 Å². The molecule has 29 heavy (non-hydrogen) atoms. The molecule has 1 saturated carbocycles. The minimum absolute atomic E-state index is 0.00222. The maximum absolute atomic E-state index is 11.7. The zero-order valence-electron chi connectivity index (χ0n) is 17.1. The molecule has 2 N–H and O–H groups in total. The quantitative estimate of drug-likeness (QED) is 0.821. The molecular weight excluding hydrogens is 362 g/mol. The molecule has 1 aliphatic carbocycles. The first-order valence-corrected chi connectivity index (χ1v) is 10.8. The fourth-order valence-corrected chi connectivity index (χ4v) is 5.19. The van der Waals surface area contributed by atoms with E-state index in [-0.39, 0.29) is 35.6 Å². The fourth-order valence-electron chi connectivity index (χ4n) is 5.19. The van der Waals surface area contributed by atoms with E-state index >= 15 is 0 Å². The first-order chi connectivity index (χ1) is 14.1. The van der Waals surface area contributed by atoms with Gasteiger partial charge in [-0.15, -0.1) is 0 Å². The molecule has 4 heteroatoms. The van der Waals surface area contributed by atoms with Crippen LogP contribution in [-0.4, -0.2) is 29.8 Å². The molecule has 1 aliphatic heterocycles. The summed E-state index contributed by atoms with van der Waals surface area (Å²) in [7, 11) is 0. The molecule has 5 atom stereocenters. The number of aliphatic hydroxyl groups is 1. The Labute approximate surface area is 173 Å². The van der Waals surface area contributed by atoms with Gasteiger partial charge in [-0.1, -0.05) is 60.7 Å². The minimum atomic E-state index is -0.355. The number of hydrogen-bond donors (Lipinski definition) is 2. The van der Waals surface area contributed by atoms with Gasteiger partial charge in [-0.05, 0) is 36.8 Å². The van der Waals surface area contributed by atoms with Gasteiger partial charge in [0.2, 0.25) is 5.91 Å². The number of ether oxygens (including phenoxy) is 1. The van der Waals surface area contributed by atoms with E-state index in [1.54, 1.807) is 6.92 Å². The Hall–Kier alpha value is -2.17. The smallest absolute Gasteiger partial charge is 0.216 e. The predicted octanol–water partition coefficient (Wildman–Crippen LogP) is 4.14. The molecule has 2 aromatic carbocycles. The van der Waals surface area contributed by atoms with Crippen LogP contribution < -0.4 is 5.32 Å². The van der Waals surface area contributed by atoms with E-state index in [2.05, 4.69) is 41.7 Å². The second kappa shape index (κ2) is 8.68. The SMILES string of the molecule is CC(=O)NC[C@]1(c2ccccc2)CC[C@H]2[C@H](CC1)O[C@H](c1ccccc1)C[C@@H]2O. The molecule has 4 nitrogen and oxygen atoms in total. The van der Waals surface area contributed by atoms with Crippen molar-refractivity contribution in [1.29, 1.82) is 0 Å². The summed E-state index contributed by atoms with van der Waals surface area (Å²) in [4.78, 5) is 11.7. The lowest BCUT2D eigenvalue weighted by Gasteiger charge is -2.39. The number of carbonyl (C=O) groups is 1. The van der Waals surface area contributed by atoms with E-state index in [0.29, 0.717) is 13.0 Å². The summed E-state index contributed by atoms with van der Waals surface area (Å²) in [5.41, 5.74) is 2.29. The van der Waals surface area contributed by atoms with Gasteiger partial charge in [0.25, 0.3) is 0 Å². The number of carbonyl (C=O) groups excluding carboxylic acids is 1. The second-order valence-corrected chi connectivity index (χ2v) is 8.67. The molecule has 0 radical (unpaired) electrons. The van der Waals surface area contributed by atoms with E-state index in [4.69, 9.17) is 4.74 Å². The van der Waals surface area contributed by atoms with Gasteiger partial charge in [0.1, 0.15) is 0 Å². The second-order valence-electron chi connectivity index (χ2n) is 8.67. The Morgan fingerprint density at radius 1 is 1.07 bits per heavy atom. The third kappa shape index (κ3) is 4.39. The standard InChI is InChI=1S/C25H31NO3/c1-18(27)26-17-25(20-10-6-3-7-11-20)14-12-21-22(28)16-24(29-23(21)13-15-25)19-8-4-2-5-9-19/h2-11,21-24,28H,12-17H2,1H3,(H,26,27)/t21-,22+,23+,24+,25+/m1/s1. The van der Waals surface area contributed by atoms with Crippen LogP contribution in [-0.2, 0) is 14.9 Å². The van der Waals surface area contributed by atoms with E-state index < -0.39 is 0 Å². The zero-order valence-corrected chi connectivity index (χ0v) is 17.1. The molecule has 2 aliphatic rings. The highest BCUT2D eigenvalue weighted by Crippen LogP contribution is 2.46. The van der Waals surface area contributed by atoms with Crippen molar-refractivity contribution in [2.45, 2.75) is 62.8 Å². The topological polar surface area (TPSA) is 58.6 Å². The third-order valence-corrected chi connectivity index (χ3v) is 6.86. The van der Waals surface area contributed by atoms with Gasteiger partial charge < -0.3 is 15.2 Å². The Balaban J connectivity index is 1.57. The van der Waals surface area contributed by atoms with Crippen LogP contribution in [0.4, 0.5) is 0 Å². The number of amides is 1. The van der Waals surface area contributed by atoms with Crippen molar-refractivity contribution < 1.29 is 14.6 Å². The Kier molecular flexibility index (Phi) is 6.02. The van der Waals surface area contributed by atoms with Crippen molar-refractivity contribution in [3.8, 4) is 0 Å². The fraction of sp³-hybridized carbons (Fsp3) is 0.480. The summed E-state index contributed by atoms with van der Waals surface area (Å²) < 4.78 is 6.53. The van der Waals surface area contributed by atoms with Gasteiger partial charge in [0.15, 0.2) is 0 Å². The average Bonchev–Trinajstić information content (AvgIpc) is 2.94. The first kappa shape index (κ1) is 20.1. The summed E-state index contributed by atoms with van der Waals surface area (Å²) >= 11 is 0. The van der Waals surface area contributed by atoms with Gasteiger partial charge >= 0.3 is 0 Å². The molecular formula is C25H31NO3. The third-order valence-electron chi connectivity index (χ3n) is 6.86. The molecule has 0 unspecified atom stereocenters. The number of fused-ring (bicyclic) bond motifs is 1. The van der Waals surface area contributed by atoms with Gasteiger partial charge in [0, 0.05) is 31.2 Å². The lowest BCUT2D eigenvalue weighted by molar-refractivity contribution is -0.139. The highest BCUT2D eigenvalue weighted by molar-refractivity contribution is 5.73. The Morgan fingerprint density at radius 2 is 1.72 bits per heavy atom. The molecule has 2 aromatic rings. The van der Waals surface area contributed by atoms with Crippen LogP contribution in [0.25, 0.3) is 0 Å². The largest absolute Gasteiger partial charge is 0.393 e. The summed E-state index contributed by atoms with van der Waals surface area (Å²) in [5.74, 6) is 0.153. The van der Waals surface area contributed by atoms with Crippen LogP contribution in [0, 0.1) is 5.92 Å². The number of nitrogens with one attached hydrogen (secondary N) is 1. The maximum Gasteiger partial charge on any atom is 0.216 e. The van der Waals surface area contributed by atoms with Gasteiger partial charge in [0.05, 0.1) is 18.3 Å². The van der Waals surface area contributed by atoms with Crippen LogP contribution in [0.5, 0.6) is 0 Å². The van der Waals surface area contributed by atoms with Crippen molar-refractivity contribution in [2.75, 3.05) is 6.54 Å². The molecule has 0 spiro atoms. The molecule has 4 rings (SSSR count). The van der Waals surface area contributed by atoms with Crippen LogP contribution >= 0.6 is 0 Å². The summed E-state index contributed by atoms with van der Waals surface area (Å²) in [5, 5.41) is 14.0. The Morgan fingerprint density at radius 3 is 2.41 bits per heavy atom. The summed E-state index contributed by atoms with van der Waals surface area (Å²) in [6.45, 7) is 2.20. The van der Waals surface area contributed by atoms with E-state index in [0.717, 1.165) is 31.2 Å². The molecule has 1 amide bonds. The van der Waals surface area contributed by atoms with Gasteiger partial charge in [-0.2, -0.15) is 0 Å². The van der Waals surface area contributed by atoms with E-state index in [1.165, 1.54) is 5.56 Å². The summed E-state index contributed by atoms with van der Waals surface area (Å²) in [6, 6.07) is 20.7. The van der Waals surface area contributed by atoms with Crippen LogP contribution in [0.15, 0.2) is 60.7 Å². The maximum atomic E-state index is 11.7. The minimum Gasteiger partial charge on any atom is -0.393 e. The van der Waals surface area contributed by atoms with Gasteiger partial charge in [-0.3, -0.25) is 4.79 Å². The first-order valence-electron chi connectivity index (χ1n) is 10.8. The molecule has 1 heterocycles. The molecule has 0 aromatic heterocycles. The monoisotopic (exact) mass is 393 g/mol. The predicted molar refractivity (Wildman–Crippen MR) is 113 cm³/mol.